The minimum absolute atomic E-state index is 0.202. The Balaban J connectivity index is 1.42. The maximum atomic E-state index is 12.4. The summed E-state index contributed by atoms with van der Waals surface area (Å²) in [6.07, 6.45) is 3.20. The lowest BCUT2D eigenvalue weighted by Gasteiger charge is -2.03. The molecule has 28 heavy (non-hydrogen) atoms. The Bertz CT molecular complexity index is 1120. The number of carbonyl (C=O) groups is 1. The van der Waals surface area contributed by atoms with Gasteiger partial charge < -0.3 is 5.32 Å². The van der Waals surface area contributed by atoms with E-state index in [1.807, 2.05) is 44.2 Å². The van der Waals surface area contributed by atoms with Crippen LogP contribution in [-0.2, 0) is 6.54 Å². The van der Waals surface area contributed by atoms with Crippen LogP contribution in [0, 0.1) is 13.8 Å². The molecule has 140 valence electrons. The zero-order chi connectivity index (χ0) is 19.5. The van der Waals surface area contributed by atoms with E-state index >= 15 is 0 Å². The van der Waals surface area contributed by atoms with Crippen LogP contribution in [-0.4, -0.2) is 41.1 Å². The van der Waals surface area contributed by atoms with Gasteiger partial charge in [0.1, 0.15) is 21.5 Å². The second kappa shape index (κ2) is 7.61. The van der Waals surface area contributed by atoms with Crippen molar-refractivity contribution in [3.05, 3.63) is 64.9 Å². The van der Waals surface area contributed by atoms with Crippen LogP contribution in [0.2, 0.25) is 0 Å². The fourth-order valence-corrected chi connectivity index (χ4v) is 3.34. The predicted molar refractivity (Wildman–Crippen MR) is 103 cm³/mol. The van der Waals surface area contributed by atoms with Gasteiger partial charge in [0.25, 0.3) is 5.91 Å². The molecule has 0 saturated heterocycles. The summed E-state index contributed by atoms with van der Waals surface area (Å²) in [4.78, 5) is 20.8. The van der Waals surface area contributed by atoms with Crippen LogP contribution in [0.4, 0.5) is 0 Å². The first kappa shape index (κ1) is 17.9. The monoisotopic (exact) mass is 392 g/mol. The minimum Gasteiger partial charge on any atom is -0.344 e. The summed E-state index contributed by atoms with van der Waals surface area (Å²) in [6, 6.07) is 9.78. The maximum Gasteiger partial charge on any atom is 0.273 e. The molecular weight excluding hydrogens is 376 g/mol. The summed E-state index contributed by atoms with van der Waals surface area (Å²) in [6.45, 7) is 3.93. The molecule has 0 saturated carbocycles. The molecule has 1 aromatic carbocycles. The van der Waals surface area contributed by atoms with Crippen molar-refractivity contribution in [2.24, 2.45) is 0 Å². The SMILES string of the molecule is Cc1ncc(-n2cc(C(=O)NCc3nnc(-c4ccccc4)s3)nn2)c(C)n1. The van der Waals surface area contributed by atoms with Gasteiger partial charge in [-0.05, 0) is 13.8 Å². The topological polar surface area (TPSA) is 111 Å². The lowest BCUT2D eigenvalue weighted by Crippen LogP contribution is -2.23. The Morgan fingerprint density at radius 2 is 1.96 bits per heavy atom. The smallest absolute Gasteiger partial charge is 0.273 e. The van der Waals surface area contributed by atoms with E-state index in [4.69, 9.17) is 0 Å². The van der Waals surface area contributed by atoms with Gasteiger partial charge in [-0.3, -0.25) is 4.79 Å². The number of benzene rings is 1. The Morgan fingerprint density at radius 3 is 2.75 bits per heavy atom. The Morgan fingerprint density at radius 1 is 1.14 bits per heavy atom. The molecule has 4 aromatic rings. The molecule has 9 nitrogen and oxygen atoms in total. The van der Waals surface area contributed by atoms with Crippen molar-refractivity contribution >= 4 is 17.2 Å². The highest BCUT2D eigenvalue weighted by Gasteiger charge is 2.14. The molecule has 1 amide bonds. The first-order chi connectivity index (χ1) is 13.6. The van der Waals surface area contributed by atoms with Crippen molar-refractivity contribution in [3.63, 3.8) is 0 Å². The summed E-state index contributed by atoms with van der Waals surface area (Å²) < 4.78 is 1.49. The number of aryl methyl sites for hydroxylation is 2. The molecule has 0 aliphatic rings. The van der Waals surface area contributed by atoms with Crippen LogP contribution in [0.5, 0.6) is 0 Å². The van der Waals surface area contributed by atoms with E-state index in [9.17, 15) is 4.79 Å². The van der Waals surface area contributed by atoms with Crippen LogP contribution in [0.15, 0.2) is 42.7 Å². The number of carbonyl (C=O) groups excluding carboxylic acids is 1. The summed E-state index contributed by atoms with van der Waals surface area (Å²) in [7, 11) is 0. The van der Waals surface area contributed by atoms with E-state index < -0.39 is 0 Å². The summed E-state index contributed by atoms with van der Waals surface area (Å²) >= 11 is 1.43. The number of hydrogen-bond donors (Lipinski definition) is 1. The fraction of sp³-hybridized carbons (Fsp3) is 0.167. The van der Waals surface area contributed by atoms with E-state index in [0.29, 0.717) is 16.5 Å². The molecule has 10 heteroatoms. The predicted octanol–water partition coefficient (Wildman–Crippen LogP) is 2.12. The number of hydrogen-bond acceptors (Lipinski definition) is 8. The van der Waals surface area contributed by atoms with E-state index in [-0.39, 0.29) is 18.1 Å². The lowest BCUT2D eigenvalue weighted by atomic mass is 10.2. The maximum absolute atomic E-state index is 12.4. The lowest BCUT2D eigenvalue weighted by molar-refractivity contribution is 0.0945. The van der Waals surface area contributed by atoms with Crippen molar-refractivity contribution in [1.29, 1.82) is 0 Å². The Labute approximate surface area is 164 Å². The molecule has 0 radical (unpaired) electrons. The number of aromatic nitrogens is 7. The van der Waals surface area contributed by atoms with Crippen molar-refractivity contribution < 1.29 is 4.79 Å². The minimum atomic E-state index is -0.339. The van der Waals surface area contributed by atoms with Gasteiger partial charge in [-0.1, -0.05) is 46.9 Å². The third-order valence-electron chi connectivity index (χ3n) is 3.93. The van der Waals surface area contributed by atoms with Crippen LogP contribution in [0.3, 0.4) is 0 Å². The van der Waals surface area contributed by atoms with Crippen LogP contribution in [0.1, 0.15) is 27.0 Å². The Hall–Kier alpha value is -3.53. The van der Waals surface area contributed by atoms with Gasteiger partial charge in [0.2, 0.25) is 0 Å². The van der Waals surface area contributed by atoms with Gasteiger partial charge in [-0.25, -0.2) is 14.6 Å². The average molecular weight is 392 g/mol. The van der Waals surface area contributed by atoms with Crippen molar-refractivity contribution in [3.8, 4) is 16.3 Å². The van der Waals surface area contributed by atoms with Gasteiger partial charge in [0.05, 0.1) is 24.6 Å². The van der Waals surface area contributed by atoms with Gasteiger partial charge in [-0.15, -0.1) is 15.3 Å². The first-order valence-electron chi connectivity index (χ1n) is 8.49. The van der Waals surface area contributed by atoms with Gasteiger partial charge >= 0.3 is 0 Å². The first-order valence-corrected chi connectivity index (χ1v) is 9.31. The molecule has 4 rings (SSSR count). The standard InChI is InChI=1S/C18H16N8OS/c1-11-15(8-19-12(2)21-11)26-10-14(22-25-26)17(27)20-9-16-23-24-18(28-16)13-6-4-3-5-7-13/h3-8,10H,9H2,1-2H3,(H,20,27). The Kier molecular flexibility index (Phi) is 4.85. The quantitative estimate of drug-likeness (QED) is 0.554. The molecule has 0 aliphatic carbocycles. The highest BCUT2D eigenvalue weighted by Crippen LogP contribution is 2.22. The molecule has 0 aliphatic heterocycles. The van der Waals surface area contributed by atoms with Gasteiger partial charge in [-0.2, -0.15) is 0 Å². The number of rotatable bonds is 5. The molecular formula is C18H16N8OS. The van der Waals surface area contributed by atoms with Gasteiger partial charge in [0.15, 0.2) is 5.69 Å². The van der Waals surface area contributed by atoms with E-state index in [0.717, 1.165) is 16.3 Å². The summed E-state index contributed by atoms with van der Waals surface area (Å²) in [5, 5.41) is 20.5. The fourth-order valence-electron chi connectivity index (χ4n) is 2.56. The second-order valence-electron chi connectivity index (χ2n) is 5.99. The molecule has 0 bridgehead atoms. The van der Waals surface area contributed by atoms with Crippen molar-refractivity contribution in [1.82, 2.24) is 40.5 Å². The molecule has 0 atom stereocenters. The molecule has 0 unspecified atom stereocenters. The third kappa shape index (κ3) is 3.76. The molecule has 0 fully saturated rings. The zero-order valence-electron chi connectivity index (χ0n) is 15.2. The third-order valence-corrected chi connectivity index (χ3v) is 4.91. The summed E-state index contributed by atoms with van der Waals surface area (Å²) in [5.41, 5.74) is 2.63. The van der Waals surface area contributed by atoms with Crippen LogP contribution in [0.25, 0.3) is 16.3 Å². The second-order valence-corrected chi connectivity index (χ2v) is 7.05. The normalized spacial score (nSPS) is 10.8. The number of nitrogens with one attached hydrogen (secondary N) is 1. The van der Waals surface area contributed by atoms with Gasteiger partial charge in [0, 0.05) is 5.56 Å². The molecule has 1 N–H and O–H groups in total. The van der Waals surface area contributed by atoms with E-state index in [1.54, 1.807) is 12.4 Å². The van der Waals surface area contributed by atoms with E-state index in [2.05, 4.69) is 35.8 Å². The van der Waals surface area contributed by atoms with E-state index in [1.165, 1.54) is 16.0 Å². The summed E-state index contributed by atoms with van der Waals surface area (Å²) in [5.74, 6) is 0.333. The number of nitrogens with zero attached hydrogens (tertiary/aromatic N) is 7. The molecule has 3 heterocycles. The highest BCUT2D eigenvalue weighted by atomic mass is 32.1. The largest absolute Gasteiger partial charge is 0.344 e. The van der Waals surface area contributed by atoms with Crippen LogP contribution < -0.4 is 5.32 Å². The van der Waals surface area contributed by atoms with Crippen molar-refractivity contribution in [2.45, 2.75) is 20.4 Å². The molecule has 3 aromatic heterocycles. The number of amides is 1. The zero-order valence-corrected chi connectivity index (χ0v) is 16.0. The van der Waals surface area contributed by atoms with Crippen LogP contribution >= 0.6 is 11.3 Å². The highest BCUT2D eigenvalue weighted by molar-refractivity contribution is 7.14. The average Bonchev–Trinajstić information content (AvgIpc) is 3.37. The van der Waals surface area contributed by atoms with Crippen molar-refractivity contribution in [2.75, 3.05) is 0 Å². The molecule has 0 spiro atoms.